The minimum atomic E-state index is -3.04. The number of aryl methyl sites for hydroxylation is 1. The normalized spacial score (nSPS) is 11.8. The Kier molecular flexibility index (Phi) is 4.62. The van der Waals surface area contributed by atoms with E-state index in [1.165, 1.54) is 11.1 Å². The van der Waals surface area contributed by atoms with Crippen LogP contribution in [0.4, 0.5) is 0 Å². The quantitative estimate of drug-likeness (QED) is 0.830. The molecule has 0 spiro atoms. The van der Waals surface area contributed by atoms with Crippen LogP contribution in [0.3, 0.4) is 0 Å². The minimum Gasteiger partial charge on any atom is -0.229 e. The first kappa shape index (κ1) is 15.2. The molecule has 0 fully saturated rings. The summed E-state index contributed by atoms with van der Waals surface area (Å²) in [4.78, 5) is 1.27. The molecule has 2 aromatic rings. The average Bonchev–Trinajstić information content (AvgIpc) is 2.78. The second-order valence-electron chi connectivity index (χ2n) is 4.36. The van der Waals surface area contributed by atoms with Gasteiger partial charge in [-0.25, -0.2) is 8.42 Å². The topological polar surface area (TPSA) is 77.7 Å². The van der Waals surface area contributed by atoms with Crippen molar-refractivity contribution in [3.8, 4) is 0 Å². The van der Waals surface area contributed by atoms with Gasteiger partial charge in [-0.05, 0) is 22.9 Å². The van der Waals surface area contributed by atoms with Gasteiger partial charge in [-0.1, -0.05) is 29.3 Å². The van der Waals surface area contributed by atoms with Crippen LogP contribution < -0.4 is 0 Å². The van der Waals surface area contributed by atoms with Gasteiger partial charge >= 0.3 is 0 Å². The van der Waals surface area contributed by atoms with Crippen LogP contribution in [0, 0.1) is 0 Å². The van der Waals surface area contributed by atoms with E-state index in [0.717, 1.165) is 5.56 Å². The van der Waals surface area contributed by atoms with Gasteiger partial charge in [0.2, 0.25) is 0 Å². The first-order valence-corrected chi connectivity index (χ1v) is 8.53. The molecule has 0 N–H and O–H groups in total. The molecule has 0 aliphatic heterocycles. The van der Waals surface area contributed by atoms with E-state index in [4.69, 9.17) is 23.2 Å². The lowest BCUT2D eigenvalue weighted by atomic mass is 10.1. The van der Waals surface area contributed by atoms with Crippen molar-refractivity contribution in [3.05, 3.63) is 39.6 Å². The van der Waals surface area contributed by atoms with Crippen molar-refractivity contribution in [2.75, 3.05) is 12.0 Å². The van der Waals surface area contributed by atoms with E-state index in [1.807, 2.05) is 6.07 Å². The molecule has 20 heavy (non-hydrogen) atoms. The second kappa shape index (κ2) is 6.07. The molecular weight excluding hydrogens is 323 g/mol. The molecular formula is C11H12Cl2N4O2S. The minimum absolute atomic E-state index is 0.0183. The highest BCUT2D eigenvalue weighted by Gasteiger charge is 2.08. The van der Waals surface area contributed by atoms with Gasteiger partial charge in [0.15, 0.2) is 5.82 Å². The Hall–Kier alpha value is -1.18. The maximum atomic E-state index is 11.1. The van der Waals surface area contributed by atoms with Crippen molar-refractivity contribution < 1.29 is 8.42 Å². The summed E-state index contributed by atoms with van der Waals surface area (Å²) in [6.45, 7) is 0.188. The Morgan fingerprint density at radius 3 is 2.65 bits per heavy atom. The van der Waals surface area contributed by atoms with Crippen LogP contribution in [0.15, 0.2) is 18.2 Å². The molecule has 0 bridgehead atoms. The summed E-state index contributed by atoms with van der Waals surface area (Å²) in [7, 11) is -3.04. The molecule has 0 atom stereocenters. The average molecular weight is 335 g/mol. The molecule has 0 aliphatic rings. The lowest BCUT2D eigenvalue weighted by Crippen LogP contribution is -2.13. The lowest BCUT2D eigenvalue weighted by Gasteiger charge is -2.00. The van der Waals surface area contributed by atoms with Crippen LogP contribution in [-0.2, 0) is 22.8 Å². The van der Waals surface area contributed by atoms with E-state index < -0.39 is 9.84 Å². The highest BCUT2D eigenvalue weighted by molar-refractivity contribution is 7.90. The van der Waals surface area contributed by atoms with Gasteiger partial charge < -0.3 is 0 Å². The van der Waals surface area contributed by atoms with Crippen molar-refractivity contribution in [3.63, 3.8) is 0 Å². The molecule has 0 unspecified atom stereocenters. The van der Waals surface area contributed by atoms with Crippen molar-refractivity contribution in [1.29, 1.82) is 0 Å². The molecule has 108 valence electrons. The lowest BCUT2D eigenvalue weighted by molar-refractivity contribution is 0.538. The van der Waals surface area contributed by atoms with Crippen LogP contribution in [0.5, 0.6) is 0 Å². The number of hydrogen-bond donors (Lipinski definition) is 0. The Bertz CT molecular complexity index is 715. The van der Waals surface area contributed by atoms with Gasteiger partial charge in [-0.15, -0.1) is 10.2 Å². The molecule has 9 heteroatoms. The molecule has 1 aromatic heterocycles. The molecule has 6 nitrogen and oxygen atoms in total. The predicted octanol–water partition coefficient (Wildman–Crippen LogP) is 1.62. The van der Waals surface area contributed by atoms with E-state index in [-0.39, 0.29) is 12.3 Å². The molecule has 0 radical (unpaired) electrons. The molecule has 2 rings (SSSR count). The molecule has 1 heterocycles. The van der Waals surface area contributed by atoms with E-state index in [0.29, 0.717) is 22.3 Å². The van der Waals surface area contributed by atoms with Crippen molar-refractivity contribution >= 4 is 33.0 Å². The number of aromatic nitrogens is 4. The fourth-order valence-corrected chi connectivity index (χ4v) is 2.34. The number of hydrogen-bond acceptors (Lipinski definition) is 5. The van der Waals surface area contributed by atoms with Crippen LogP contribution in [0.1, 0.15) is 11.4 Å². The zero-order valence-corrected chi connectivity index (χ0v) is 13.0. The molecule has 0 aliphatic carbocycles. The highest BCUT2D eigenvalue weighted by atomic mass is 35.5. The fraction of sp³-hybridized carbons (Fsp3) is 0.364. The Morgan fingerprint density at radius 1 is 1.25 bits per heavy atom. The summed E-state index contributed by atoms with van der Waals surface area (Å²) in [5.41, 5.74) is 0.905. The van der Waals surface area contributed by atoms with Gasteiger partial charge in [-0.2, -0.15) is 4.80 Å². The number of rotatable bonds is 5. The smallest absolute Gasteiger partial charge is 0.179 e. The third-order valence-electron chi connectivity index (χ3n) is 2.50. The number of halogens is 2. The standard InChI is InChI=1S/C11H12Cl2N4O2S/c1-20(18,19)5-4-17-15-11(14-16-17)7-8-2-3-9(12)10(13)6-8/h2-3,6H,4-5,7H2,1H3. The van der Waals surface area contributed by atoms with Crippen LogP contribution in [0.2, 0.25) is 10.0 Å². The highest BCUT2D eigenvalue weighted by Crippen LogP contribution is 2.23. The third-order valence-corrected chi connectivity index (χ3v) is 4.17. The van der Waals surface area contributed by atoms with E-state index >= 15 is 0 Å². The van der Waals surface area contributed by atoms with Gasteiger partial charge in [0.1, 0.15) is 9.84 Å². The maximum Gasteiger partial charge on any atom is 0.179 e. The fourth-order valence-electron chi connectivity index (χ4n) is 1.52. The summed E-state index contributed by atoms with van der Waals surface area (Å²) in [5.74, 6) is 0.479. The van der Waals surface area contributed by atoms with E-state index in [1.54, 1.807) is 12.1 Å². The SMILES string of the molecule is CS(=O)(=O)CCn1nnc(Cc2ccc(Cl)c(Cl)c2)n1. The number of benzene rings is 1. The summed E-state index contributed by atoms with van der Waals surface area (Å²) in [6, 6.07) is 5.26. The summed E-state index contributed by atoms with van der Waals surface area (Å²) < 4.78 is 22.1. The monoisotopic (exact) mass is 334 g/mol. The third kappa shape index (κ3) is 4.43. The first-order chi connectivity index (χ1) is 9.33. The zero-order valence-electron chi connectivity index (χ0n) is 10.6. The van der Waals surface area contributed by atoms with Gasteiger partial charge in [-0.3, -0.25) is 0 Å². The second-order valence-corrected chi connectivity index (χ2v) is 7.43. The Balaban J connectivity index is 2.04. The van der Waals surface area contributed by atoms with Gasteiger partial charge in [0, 0.05) is 12.7 Å². The van der Waals surface area contributed by atoms with E-state index in [9.17, 15) is 8.42 Å². The predicted molar refractivity (Wildman–Crippen MR) is 76.8 cm³/mol. The van der Waals surface area contributed by atoms with Crippen molar-refractivity contribution in [1.82, 2.24) is 20.2 Å². The molecule has 0 saturated heterocycles. The number of sulfone groups is 1. The Morgan fingerprint density at radius 2 is 2.00 bits per heavy atom. The molecule has 0 saturated carbocycles. The van der Waals surface area contributed by atoms with Crippen molar-refractivity contribution in [2.45, 2.75) is 13.0 Å². The van der Waals surface area contributed by atoms with Crippen LogP contribution >= 0.6 is 23.2 Å². The Labute approximate surface area is 126 Å². The number of tetrazole rings is 1. The van der Waals surface area contributed by atoms with Crippen LogP contribution in [0.25, 0.3) is 0 Å². The first-order valence-electron chi connectivity index (χ1n) is 5.72. The van der Waals surface area contributed by atoms with Crippen molar-refractivity contribution in [2.24, 2.45) is 0 Å². The molecule has 0 amide bonds. The largest absolute Gasteiger partial charge is 0.229 e. The summed E-state index contributed by atoms with van der Waals surface area (Å²) >= 11 is 11.8. The molecule has 1 aromatic carbocycles. The zero-order chi connectivity index (χ0) is 14.8. The van der Waals surface area contributed by atoms with Gasteiger partial charge in [0.05, 0.1) is 22.3 Å². The van der Waals surface area contributed by atoms with E-state index in [2.05, 4.69) is 15.4 Å². The number of nitrogens with zero attached hydrogens (tertiary/aromatic N) is 4. The van der Waals surface area contributed by atoms with Crippen LogP contribution in [-0.4, -0.2) is 40.6 Å². The maximum absolute atomic E-state index is 11.1. The van der Waals surface area contributed by atoms with Gasteiger partial charge in [0.25, 0.3) is 0 Å². The summed E-state index contributed by atoms with van der Waals surface area (Å²) in [6.07, 6.45) is 1.62. The summed E-state index contributed by atoms with van der Waals surface area (Å²) in [5, 5.41) is 12.7.